The Morgan fingerprint density at radius 3 is 2.90 bits per heavy atom. The quantitative estimate of drug-likeness (QED) is 0.718. The maximum Gasteiger partial charge on any atom is 0.267 e. The van der Waals surface area contributed by atoms with E-state index in [0.29, 0.717) is 16.3 Å². The number of nitrogens with two attached hydrogens (primary N) is 1. The van der Waals surface area contributed by atoms with Crippen molar-refractivity contribution in [1.82, 2.24) is 4.98 Å². The lowest BCUT2D eigenvalue weighted by atomic mass is 10.2. The van der Waals surface area contributed by atoms with Crippen LogP contribution in [0.15, 0.2) is 41.1 Å². The van der Waals surface area contributed by atoms with Gasteiger partial charge in [0.25, 0.3) is 5.91 Å². The topological polar surface area (TPSA) is 68.0 Å². The van der Waals surface area contributed by atoms with Gasteiger partial charge in [-0.25, -0.2) is 0 Å². The predicted molar refractivity (Wildman–Crippen MR) is 90.9 cm³/mol. The second-order valence-corrected chi connectivity index (χ2v) is 6.66. The number of aromatic nitrogens is 1. The van der Waals surface area contributed by atoms with Gasteiger partial charge in [-0.15, -0.1) is 11.3 Å². The number of fused-ring (bicyclic) bond motifs is 1. The van der Waals surface area contributed by atoms with E-state index in [9.17, 15) is 4.79 Å². The molecule has 3 aromatic rings. The fourth-order valence-electron chi connectivity index (χ4n) is 2.07. The van der Waals surface area contributed by atoms with Crippen LogP contribution >= 0.6 is 27.3 Å². The van der Waals surface area contributed by atoms with Crippen molar-refractivity contribution in [3.05, 3.63) is 51.6 Å². The van der Waals surface area contributed by atoms with Gasteiger partial charge in [-0.3, -0.25) is 9.78 Å². The number of nitrogen functional groups attached to an aromatic ring is 1. The van der Waals surface area contributed by atoms with E-state index in [0.717, 1.165) is 20.1 Å². The average molecular weight is 362 g/mol. The van der Waals surface area contributed by atoms with E-state index in [1.54, 1.807) is 12.4 Å². The van der Waals surface area contributed by atoms with Crippen LogP contribution in [0.1, 0.15) is 15.2 Å². The first-order chi connectivity index (χ1) is 10.0. The largest absolute Gasteiger partial charge is 0.397 e. The molecule has 0 radical (unpaired) electrons. The molecule has 6 heteroatoms. The summed E-state index contributed by atoms with van der Waals surface area (Å²) < 4.78 is 1.93. The number of nitrogens with one attached hydrogen (secondary N) is 1. The zero-order valence-corrected chi connectivity index (χ0v) is 13.6. The Bertz CT molecular complexity index is 844. The average Bonchev–Trinajstić information content (AvgIpc) is 2.76. The molecule has 0 spiro atoms. The molecule has 0 saturated carbocycles. The third-order valence-electron chi connectivity index (χ3n) is 3.03. The maximum absolute atomic E-state index is 12.4. The number of carbonyl (C=O) groups is 1. The smallest absolute Gasteiger partial charge is 0.267 e. The molecule has 4 nitrogen and oxygen atoms in total. The van der Waals surface area contributed by atoms with Gasteiger partial charge in [-0.1, -0.05) is 15.9 Å². The van der Waals surface area contributed by atoms with Gasteiger partial charge in [0.15, 0.2) is 0 Å². The van der Waals surface area contributed by atoms with Crippen LogP contribution in [0.25, 0.3) is 10.1 Å². The number of pyridine rings is 1. The third kappa shape index (κ3) is 2.77. The van der Waals surface area contributed by atoms with Crippen molar-refractivity contribution in [2.24, 2.45) is 0 Å². The first kappa shape index (κ1) is 14.0. The van der Waals surface area contributed by atoms with Crippen LogP contribution in [0.2, 0.25) is 0 Å². The molecule has 0 aliphatic heterocycles. The molecule has 3 rings (SSSR count). The first-order valence-corrected chi connectivity index (χ1v) is 7.86. The van der Waals surface area contributed by atoms with Crippen LogP contribution in [0.4, 0.5) is 11.4 Å². The van der Waals surface area contributed by atoms with Crippen LogP contribution in [0, 0.1) is 6.92 Å². The van der Waals surface area contributed by atoms with E-state index in [2.05, 4.69) is 26.2 Å². The number of hydrogen-bond acceptors (Lipinski definition) is 4. The van der Waals surface area contributed by atoms with E-state index >= 15 is 0 Å². The van der Waals surface area contributed by atoms with Gasteiger partial charge in [-0.2, -0.15) is 0 Å². The highest BCUT2D eigenvalue weighted by atomic mass is 79.9. The highest BCUT2D eigenvalue weighted by molar-refractivity contribution is 9.10. The van der Waals surface area contributed by atoms with Crippen LogP contribution in [0.5, 0.6) is 0 Å². The summed E-state index contributed by atoms with van der Waals surface area (Å²) >= 11 is 4.80. The second kappa shape index (κ2) is 5.46. The highest BCUT2D eigenvalue weighted by Gasteiger charge is 2.16. The highest BCUT2D eigenvalue weighted by Crippen LogP contribution is 2.35. The van der Waals surface area contributed by atoms with Crippen molar-refractivity contribution in [2.45, 2.75) is 6.92 Å². The fourth-order valence-corrected chi connectivity index (χ4v) is 3.43. The summed E-state index contributed by atoms with van der Waals surface area (Å²) in [6.45, 7) is 1.92. The zero-order chi connectivity index (χ0) is 15.0. The van der Waals surface area contributed by atoms with E-state index in [1.165, 1.54) is 11.3 Å². The van der Waals surface area contributed by atoms with Gasteiger partial charge >= 0.3 is 0 Å². The summed E-state index contributed by atoms with van der Waals surface area (Å²) in [6, 6.07) is 7.67. The van der Waals surface area contributed by atoms with Crippen LogP contribution in [0.3, 0.4) is 0 Å². The number of amides is 1. The van der Waals surface area contributed by atoms with Gasteiger partial charge < -0.3 is 11.1 Å². The minimum atomic E-state index is -0.211. The Balaban J connectivity index is 1.96. The molecule has 0 bridgehead atoms. The molecular formula is C15H12BrN3OS. The molecule has 0 aliphatic carbocycles. The lowest BCUT2D eigenvalue weighted by Gasteiger charge is -2.04. The molecule has 1 aromatic carbocycles. The van der Waals surface area contributed by atoms with Gasteiger partial charge in [0.1, 0.15) is 4.88 Å². The van der Waals surface area contributed by atoms with Crippen LogP contribution in [-0.4, -0.2) is 10.9 Å². The number of benzene rings is 1. The fraction of sp³-hybridized carbons (Fsp3) is 0.0667. The molecule has 2 heterocycles. The maximum atomic E-state index is 12.4. The molecule has 106 valence electrons. The lowest BCUT2D eigenvalue weighted by molar-refractivity contribution is 0.103. The number of hydrogen-bond donors (Lipinski definition) is 2. The normalized spacial score (nSPS) is 10.8. The summed E-state index contributed by atoms with van der Waals surface area (Å²) in [4.78, 5) is 17.0. The molecule has 2 aromatic heterocycles. The summed E-state index contributed by atoms with van der Waals surface area (Å²) in [5.41, 5.74) is 8.27. The number of nitrogens with zero attached hydrogens (tertiary/aromatic N) is 1. The first-order valence-electron chi connectivity index (χ1n) is 6.25. The summed E-state index contributed by atoms with van der Waals surface area (Å²) in [7, 11) is 0. The van der Waals surface area contributed by atoms with E-state index < -0.39 is 0 Å². The van der Waals surface area contributed by atoms with Crippen molar-refractivity contribution in [3.63, 3.8) is 0 Å². The number of carbonyl (C=O) groups excluding carboxylic acids is 1. The SMILES string of the molecule is Cc1cncc(NC(=O)c2sc3ccc(Br)cc3c2N)c1. The van der Waals surface area contributed by atoms with Crippen LogP contribution < -0.4 is 11.1 Å². The number of thiophene rings is 1. The minimum absolute atomic E-state index is 0.211. The Morgan fingerprint density at radius 1 is 1.33 bits per heavy atom. The summed E-state index contributed by atoms with van der Waals surface area (Å²) in [6.07, 6.45) is 3.35. The number of halogens is 1. The molecule has 0 fully saturated rings. The number of rotatable bonds is 2. The summed E-state index contributed by atoms with van der Waals surface area (Å²) in [5, 5.41) is 3.72. The number of anilines is 2. The summed E-state index contributed by atoms with van der Waals surface area (Å²) in [5.74, 6) is -0.211. The van der Waals surface area contributed by atoms with Gasteiger partial charge in [-0.05, 0) is 36.8 Å². The van der Waals surface area contributed by atoms with Crippen molar-refractivity contribution in [3.8, 4) is 0 Å². The van der Waals surface area contributed by atoms with Gasteiger partial charge in [0, 0.05) is 20.8 Å². The third-order valence-corrected chi connectivity index (χ3v) is 4.71. The molecule has 0 aliphatic rings. The molecule has 21 heavy (non-hydrogen) atoms. The molecule has 0 saturated heterocycles. The molecule has 0 atom stereocenters. The predicted octanol–water partition coefficient (Wildman–Crippen LogP) is 4.20. The van der Waals surface area contributed by atoms with Gasteiger partial charge in [0.05, 0.1) is 17.6 Å². The minimum Gasteiger partial charge on any atom is -0.397 e. The van der Waals surface area contributed by atoms with Crippen molar-refractivity contribution in [2.75, 3.05) is 11.1 Å². The van der Waals surface area contributed by atoms with Crippen molar-refractivity contribution >= 4 is 54.6 Å². The van der Waals surface area contributed by atoms with Crippen molar-refractivity contribution in [1.29, 1.82) is 0 Å². The van der Waals surface area contributed by atoms with E-state index in [-0.39, 0.29) is 5.91 Å². The van der Waals surface area contributed by atoms with E-state index in [4.69, 9.17) is 5.73 Å². The molecular weight excluding hydrogens is 350 g/mol. The Kier molecular flexibility index (Phi) is 3.65. The lowest BCUT2D eigenvalue weighted by Crippen LogP contribution is -2.12. The molecule has 3 N–H and O–H groups in total. The zero-order valence-electron chi connectivity index (χ0n) is 11.2. The van der Waals surface area contributed by atoms with E-state index in [1.807, 2.05) is 31.2 Å². The molecule has 1 amide bonds. The number of aryl methyl sites for hydroxylation is 1. The van der Waals surface area contributed by atoms with Crippen LogP contribution in [-0.2, 0) is 0 Å². The Hall–Kier alpha value is -1.92. The van der Waals surface area contributed by atoms with Crippen molar-refractivity contribution < 1.29 is 4.79 Å². The standard InChI is InChI=1S/C15H12BrN3OS/c1-8-4-10(7-18-6-8)19-15(20)14-13(17)11-5-9(16)2-3-12(11)21-14/h2-7H,17H2,1H3,(H,19,20). The molecule has 0 unspecified atom stereocenters. The Morgan fingerprint density at radius 2 is 2.14 bits per heavy atom. The second-order valence-electron chi connectivity index (χ2n) is 4.69. The van der Waals surface area contributed by atoms with Gasteiger partial charge in [0.2, 0.25) is 0 Å². The Labute approximate surface area is 134 Å². The monoisotopic (exact) mass is 361 g/mol.